The fourth-order valence-corrected chi connectivity index (χ4v) is 3.89. The topological polar surface area (TPSA) is 76.2 Å². The van der Waals surface area contributed by atoms with Crippen LogP contribution < -0.4 is 4.90 Å². The molecule has 9 heteroatoms. The average molecular weight is 422 g/mol. The number of ether oxygens (including phenoxy) is 2. The van der Waals surface area contributed by atoms with Crippen LogP contribution in [0.4, 0.5) is 10.1 Å². The van der Waals surface area contributed by atoms with Gasteiger partial charge in [-0.3, -0.25) is 0 Å². The molecule has 0 unspecified atom stereocenters. The minimum Gasteiger partial charge on any atom is -0.457 e. The van der Waals surface area contributed by atoms with E-state index in [-0.39, 0.29) is 22.6 Å². The van der Waals surface area contributed by atoms with Crippen molar-refractivity contribution in [2.24, 2.45) is 0 Å². The van der Waals surface area contributed by atoms with Gasteiger partial charge in [0.15, 0.2) is 0 Å². The van der Waals surface area contributed by atoms with E-state index in [0.717, 1.165) is 4.31 Å². The summed E-state index contributed by atoms with van der Waals surface area (Å²) in [5.41, 5.74) is 0.918. The highest BCUT2D eigenvalue weighted by atomic mass is 32.2. The SMILES string of the molecule is CN(C)S(=O)(=O)c1ccc(N2CCOCC2)c(C(=O)OCc2ccccc2F)c1. The Balaban J connectivity index is 1.94. The average Bonchev–Trinajstić information content (AvgIpc) is 2.73. The zero-order chi connectivity index (χ0) is 21.0. The quantitative estimate of drug-likeness (QED) is 0.665. The van der Waals surface area contributed by atoms with Gasteiger partial charge in [-0.15, -0.1) is 0 Å². The molecule has 0 saturated carbocycles. The molecule has 0 aliphatic carbocycles. The Labute approximate surface area is 169 Å². The highest BCUT2D eigenvalue weighted by Gasteiger charge is 2.25. The summed E-state index contributed by atoms with van der Waals surface area (Å²) in [6.07, 6.45) is 0. The van der Waals surface area contributed by atoms with Crippen LogP contribution in [0.2, 0.25) is 0 Å². The molecule has 3 rings (SSSR count). The molecule has 1 aliphatic heterocycles. The Morgan fingerprint density at radius 3 is 2.52 bits per heavy atom. The van der Waals surface area contributed by atoms with E-state index in [1.165, 1.54) is 38.4 Å². The Kier molecular flexibility index (Phi) is 6.51. The van der Waals surface area contributed by atoms with Crippen molar-refractivity contribution in [3.63, 3.8) is 0 Å². The number of morpholine rings is 1. The molecule has 0 bridgehead atoms. The molecule has 7 nitrogen and oxygen atoms in total. The molecule has 0 radical (unpaired) electrons. The predicted octanol–water partition coefficient (Wildman–Crippen LogP) is 2.27. The molecular weight excluding hydrogens is 399 g/mol. The number of carbonyl (C=O) groups excluding carboxylic acids is 1. The number of halogens is 1. The Bertz CT molecular complexity index is 988. The first-order valence-corrected chi connectivity index (χ1v) is 10.5. The fraction of sp³-hybridized carbons (Fsp3) is 0.350. The lowest BCUT2D eigenvalue weighted by Crippen LogP contribution is -2.37. The number of nitrogens with zero attached hydrogens (tertiary/aromatic N) is 2. The first-order chi connectivity index (χ1) is 13.8. The van der Waals surface area contributed by atoms with Gasteiger partial charge in [0, 0.05) is 32.7 Å². The van der Waals surface area contributed by atoms with Crippen molar-refractivity contribution in [1.29, 1.82) is 0 Å². The molecule has 1 saturated heterocycles. The van der Waals surface area contributed by atoms with Gasteiger partial charge in [-0.05, 0) is 24.3 Å². The third-order valence-electron chi connectivity index (χ3n) is 4.63. The van der Waals surface area contributed by atoms with Gasteiger partial charge >= 0.3 is 5.97 Å². The van der Waals surface area contributed by atoms with Crippen molar-refractivity contribution in [2.45, 2.75) is 11.5 Å². The monoisotopic (exact) mass is 422 g/mol. The van der Waals surface area contributed by atoms with E-state index in [2.05, 4.69) is 0 Å². The molecule has 0 N–H and O–H groups in total. The van der Waals surface area contributed by atoms with E-state index >= 15 is 0 Å². The zero-order valence-corrected chi connectivity index (χ0v) is 17.1. The lowest BCUT2D eigenvalue weighted by atomic mass is 10.1. The van der Waals surface area contributed by atoms with Gasteiger partial charge in [-0.1, -0.05) is 18.2 Å². The number of anilines is 1. The van der Waals surface area contributed by atoms with E-state index < -0.39 is 21.8 Å². The third-order valence-corrected chi connectivity index (χ3v) is 6.45. The van der Waals surface area contributed by atoms with E-state index in [1.807, 2.05) is 4.90 Å². The van der Waals surface area contributed by atoms with Gasteiger partial charge in [0.1, 0.15) is 12.4 Å². The van der Waals surface area contributed by atoms with Crippen molar-refractivity contribution in [1.82, 2.24) is 4.31 Å². The predicted molar refractivity (Wildman–Crippen MR) is 106 cm³/mol. The van der Waals surface area contributed by atoms with Crippen LogP contribution in [-0.2, 0) is 26.1 Å². The lowest BCUT2D eigenvalue weighted by Gasteiger charge is -2.30. The van der Waals surface area contributed by atoms with Crippen molar-refractivity contribution in [3.8, 4) is 0 Å². The summed E-state index contributed by atoms with van der Waals surface area (Å²) in [6, 6.07) is 10.4. The van der Waals surface area contributed by atoms with Gasteiger partial charge in [0.25, 0.3) is 0 Å². The first kappa shape index (κ1) is 21.2. The third kappa shape index (κ3) is 4.75. The highest BCUT2D eigenvalue weighted by molar-refractivity contribution is 7.89. The van der Waals surface area contributed by atoms with Gasteiger partial charge in [-0.2, -0.15) is 0 Å². The Morgan fingerprint density at radius 1 is 1.17 bits per heavy atom. The molecule has 1 fully saturated rings. The van der Waals surface area contributed by atoms with Crippen LogP contribution in [-0.4, -0.2) is 59.1 Å². The van der Waals surface area contributed by atoms with Gasteiger partial charge in [0.05, 0.1) is 29.4 Å². The van der Waals surface area contributed by atoms with Gasteiger partial charge < -0.3 is 14.4 Å². The largest absolute Gasteiger partial charge is 0.457 e. The molecule has 0 spiro atoms. The summed E-state index contributed by atoms with van der Waals surface area (Å²) in [7, 11) is -0.896. The first-order valence-electron chi connectivity index (χ1n) is 9.10. The van der Waals surface area contributed by atoms with Crippen LogP contribution in [0.5, 0.6) is 0 Å². The standard InChI is InChI=1S/C20H23FN2O5S/c1-22(2)29(25,26)16-7-8-19(23-9-11-27-12-10-23)17(13-16)20(24)28-14-15-5-3-4-6-18(15)21/h3-8,13H,9-12,14H2,1-2H3. The summed E-state index contributed by atoms with van der Waals surface area (Å²) >= 11 is 0. The second kappa shape index (κ2) is 8.89. The van der Waals surface area contributed by atoms with Crippen molar-refractivity contribution >= 4 is 21.7 Å². The summed E-state index contributed by atoms with van der Waals surface area (Å²) in [6.45, 7) is 1.88. The smallest absolute Gasteiger partial charge is 0.340 e. The summed E-state index contributed by atoms with van der Waals surface area (Å²) < 4.78 is 50.6. The van der Waals surface area contributed by atoms with Crippen LogP contribution in [0.3, 0.4) is 0 Å². The molecule has 0 amide bonds. The Hall–Kier alpha value is -2.49. The number of sulfonamides is 1. The summed E-state index contributed by atoms with van der Waals surface area (Å²) in [5, 5.41) is 0. The molecule has 2 aromatic rings. The molecule has 29 heavy (non-hydrogen) atoms. The molecule has 2 aromatic carbocycles. The second-order valence-corrected chi connectivity index (χ2v) is 8.89. The zero-order valence-electron chi connectivity index (χ0n) is 16.3. The van der Waals surface area contributed by atoms with Crippen LogP contribution in [0, 0.1) is 5.82 Å². The minimum atomic E-state index is -3.73. The maximum Gasteiger partial charge on any atom is 0.340 e. The van der Waals surface area contributed by atoms with Crippen molar-refractivity contribution in [3.05, 3.63) is 59.4 Å². The summed E-state index contributed by atoms with van der Waals surface area (Å²) in [4.78, 5) is 14.8. The van der Waals surface area contributed by atoms with Crippen LogP contribution in [0.1, 0.15) is 15.9 Å². The minimum absolute atomic E-state index is 0.0163. The number of esters is 1. The maximum atomic E-state index is 13.8. The number of rotatable bonds is 6. The van der Waals surface area contributed by atoms with E-state index in [0.29, 0.717) is 32.0 Å². The van der Waals surface area contributed by atoms with E-state index in [4.69, 9.17) is 9.47 Å². The molecule has 1 aliphatic rings. The van der Waals surface area contributed by atoms with Crippen molar-refractivity contribution < 1.29 is 27.1 Å². The molecule has 0 atom stereocenters. The number of benzene rings is 2. The van der Waals surface area contributed by atoms with Crippen molar-refractivity contribution in [2.75, 3.05) is 45.3 Å². The maximum absolute atomic E-state index is 13.8. The lowest BCUT2D eigenvalue weighted by molar-refractivity contribution is 0.0468. The molecule has 156 valence electrons. The molecular formula is C20H23FN2O5S. The molecule has 1 heterocycles. The molecule has 0 aromatic heterocycles. The number of carbonyl (C=O) groups is 1. The Morgan fingerprint density at radius 2 is 1.86 bits per heavy atom. The fourth-order valence-electron chi connectivity index (χ4n) is 2.97. The van der Waals surface area contributed by atoms with Gasteiger partial charge in [-0.25, -0.2) is 21.9 Å². The van der Waals surface area contributed by atoms with Crippen LogP contribution in [0.25, 0.3) is 0 Å². The number of hydrogen-bond acceptors (Lipinski definition) is 6. The normalized spacial score (nSPS) is 14.8. The van der Waals surface area contributed by atoms with E-state index in [1.54, 1.807) is 18.2 Å². The van der Waals surface area contributed by atoms with Gasteiger partial charge in [0.2, 0.25) is 10.0 Å². The van der Waals surface area contributed by atoms with Crippen LogP contribution in [0.15, 0.2) is 47.4 Å². The van der Waals surface area contributed by atoms with Crippen LogP contribution >= 0.6 is 0 Å². The second-order valence-electron chi connectivity index (χ2n) is 6.73. The number of hydrogen-bond donors (Lipinski definition) is 0. The highest BCUT2D eigenvalue weighted by Crippen LogP contribution is 2.27. The summed E-state index contributed by atoms with van der Waals surface area (Å²) in [5.74, 6) is -1.19. The van der Waals surface area contributed by atoms with E-state index in [9.17, 15) is 17.6 Å².